The second-order valence-electron chi connectivity index (χ2n) is 37.1. The third kappa shape index (κ3) is 20.2. The number of aromatic amines is 1. The topological polar surface area (TPSA) is 326 Å². The second-order valence-corrected chi connectivity index (χ2v) is 37.1. The molecule has 0 bridgehead atoms. The largest absolute Gasteiger partial charge is 0.334 e. The lowest BCUT2D eigenvalue weighted by molar-refractivity contribution is -0.118. The zero-order valence-corrected chi connectivity index (χ0v) is 80.1. The number of carbonyl (C=O) groups is 4. The molecule has 0 aliphatic carbocycles. The molecule has 1 fully saturated rings. The Morgan fingerprint density at radius 2 is 0.813 bits per heavy atom. The summed E-state index contributed by atoms with van der Waals surface area (Å²) in [5, 5.41) is 24.0. The van der Waals surface area contributed by atoms with Gasteiger partial charge in [0.15, 0.2) is 34.6 Å². The van der Waals surface area contributed by atoms with E-state index in [4.69, 9.17) is 25.2 Å². The molecular weight excluding hydrogens is 1740 g/mol. The standard InChI is InChI=1S/C30H32N6O.C29H29N5O2.C27H25N7O.C25H23N5O/c1-20(2)26-5-3-4-6-27(26)29-32-16-23-15-28(37)35(30(23)34-29)18-21-7-9-22(10-8-21)24-17-33-36(19-24)25-11-13-31-14-12-25;1-18(2)24-7-5-6-8-25(24)27-30-15-22-14-26(36)34(29(22)32-27)16-20-9-11-21(12-10-20)28-31-23(13-19(3)35)17-33(28)4;1-17(2)21-7-5-6-8-22(21)24-29-14-23-26(31-24)34(27(35)33(23)4)15-18-9-11-19(12-10-18)25-30-20(13-28)16-32(25)3;1-16(2)21-5-3-4-6-22(21)24-26-12-19-11-23(31)30(25(19)29-24)15-17-7-9-18(10-8-17)20-13-27-28-14-20/h3-10,16-17,19-20,25,31H,11-15,18H2,1-2H3;5-12,15,17-18H,13-14,16H2,1-4H3;5-12,14,16-17H,15H2,1-4H3;3-10,12-14,16H,11,15H2,1-2H3,(H,27,28). The number of ketones is 1. The summed E-state index contributed by atoms with van der Waals surface area (Å²) in [5.74, 6) is 7.85. The first kappa shape index (κ1) is 93.1. The molecule has 0 spiro atoms. The quantitative estimate of drug-likeness (QED) is 0.0601. The SMILES string of the molecule is CC(=O)Cc1cn(C)c(-c2ccc(CN3C(=O)Cc4cnc(-c5ccccc5C(C)C)nc43)cc2)n1.CC(C)c1ccccc1-c1ncc2c(n1)N(Cc1ccc(-c3cn[nH]c3)cc1)C(=O)C2.CC(C)c1ccccc1-c1ncc2c(n1)N(Cc1ccc(-c3cnn(C4CCNCC4)c3)cc1)C(=O)C2.CC(C)c1ccccc1-c1ncc2c(n1)n(Cc1ccc(-c3nc(C#N)cn3C)cc1)c(=O)n2C. The number of Topliss-reactive ketones (excluding diaryl/α,β-unsaturated/α-hetero) is 1. The number of nitrogens with one attached hydrogen (secondary N) is 2. The number of imidazole rings is 3. The van der Waals surface area contributed by atoms with E-state index in [1.54, 1.807) is 68.8 Å². The van der Waals surface area contributed by atoms with Gasteiger partial charge in [-0.25, -0.2) is 54.6 Å². The molecule has 4 aliphatic heterocycles. The van der Waals surface area contributed by atoms with Gasteiger partial charge in [-0.1, -0.05) is 250 Å². The van der Waals surface area contributed by atoms with Crippen molar-refractivity contribution in [2.45, 2.75) is 157 Å². The van der Waals surface area contributed by atoms with E-state index >= 15 is 0 Å². The third-order valence-electron chi connectivity index (χ3n) is 25.9. The van der Waals surface area contributed by atoms with E-state index in [2.05, 4.69) is 177 Å². The summed E-state index contributed by atoms with van der Waals surface area (Å²) in [5.41, 5.74) is 24.0. The molecule has 28 heteroatoms. The van der Waals surface area contributed by atoms with Crippen LogP contribution in [0.2, 0.25) is 0 Å². The van der Waals surface area contributed by atoms with E-state index < -0.39 is 0 Å². The minimum absolute atomic E-state index is 0.0237. The van der Waals surface area contributed by atoms with Gasteiger partial charge in [0.05, 0.1) is 75.8 Å². The normalized spacial score (nSPS) is 13.4. The lowest BCUT2D eigenvalue weighted by Gasteiger charge is -2.22. The van der Waals surface area contributed by atoms with Gasteiger partial charge in [0.2, 0.25) is 17.7 Å². The maximum absolute atomic E-state index is 13.1. The average Bonchev–Trinajstić information content (AvgIpc) is 1.63. The highest BCUT2D eigenvalue weighted by atomic mass is 16.2. The number of carbonyl (C=O) groups excluding carboxylic acids is 4. The van der Waals surface area contributed by atoms with Crippen molar-refractivity contribution in [3.63, 3.8) is 0 Å². The number of amides is 3. The minimum atomic E-state index is -0.143. The highest BCUT2D eigenvalue weighted by Crippen LogP contribution is 2.40. The summed E-state index contributed by atoms with van der Waals surface area (Å²) in [6.07, 6.45) is 22.0. The zero-order valence-electron chi connectivity index (χ0n) is 80.1. The van der Waals surface area contributed by atoms with Gasteiger partial charge in [0, 0.05) is 132 Å². The van der Waals surface area contributed by atoms with Gasteiger partial charge < -0.3 is 14.5 Å². The molecule has 17 aromatic rings. The van der Waals surface area contributed by atoms with Crippen LogP contribution in [0.4, 0.5) is 17.5 Å². The fourth-order valence-electron chi connectivity index (χ4n) is 18.5. The van der Waals surface area contributed by atoms with Crippen molar-refractivity contribution in [2.75, 3.05) is 27.8 Å². The Morgan fingerprint density at radius 3 is 1.22 bits per heavy atom. The molecule has 0 unspecified atom stereocenters. The minimum Gasteiger partial charge on any atom is -0.334 e. The Morgan fingerprint density at radius 1 is 0.424 bits per heavy atom. The zero-order chi connectivity index (χ0) is 96.8. The number of hydrogen-bond acceptors (Lipinski definition) is 19. The van der Waals surface area contributed by atoms with E-state index in [9.17, 15) is 24.0 Å². The average molecular weight is 1850 g/mol. The van der Waals surface area contributed by atoms with Crippen LogP contribution in [0.5, 0.6) is 0 Å². The molecule has 2 N–H and O–H groups in total. The van der Waals surface area contributed by atoms with E-state index in [-0.39, 0.29) is 29.2 Å². The summed E-state index contributed by atoms with van der Waals surface area (Å²) >= 11 is 0. The number of piperidine rings is 1. The molecule has 139 heavy (non-hydrogen) atoms. The molecule has 8 aromatic carbocycles. The molecule has 28 nitrogen and oxygen atoms in total. The number of fused-ring (bicyclic) bond motifs is 4. The van der Waals surface area contributed by atoms with Crippen molar-refractivity contribution >= 4 is 52.1 Å². The summed E-state index contributed by atoms with van der Waals surface area (Å²) < 4.78 is 9.14. The van der Waals surface area contributed by atoms with Crippen molar-refractivity contribution < 1.29 is 19.2 Å². The summed E-state index contributed by atoms with van der Waals surface area (Å²) in [4.78, 5) is 115. The summed E-state index contributed by atoms with van der Waals surface area (Å²) in [7, 11) is 5.53. The first-order chi connectivity index (χ1) is 67.3. The van der Waals surface area contributed by atoms with Gasteiger partial charge in [0.1, 0.15) is 46.5 Å². The molecule has 4 aliphatic rings. The Bertz CT molecular complexity index is 7520. The smallest absolute Gasteiger partial charge is 0.330 e. The van der Waals surface area contributed by atoms with Crippen LogP contribution in [0.3, 0.4) is 0 Å². The van der Waals surface area contributed by atoms with E-state index in [0.29, 0.717) is 133 Å². The first-order valence-corrected chi connectivity index (χ1v) is 47.2. The summed E-state index contributed by atoms with van der Waals surface area (Å²) in [6.45, 7) is 22.7. The number of benzene rings is 8. The van der Waals surface area contributed by atoms with E-state index in [1.165, 1.54) is 22.3 Å². The molecule has 0 saturated carbocycles. The molecule has 0 radical (unpaired) electrons. The van der Waals surface area contributed by atoms with Crippen LogP contribution in [0, 0.1) is 11.3 Å². The lowest BCUT2D eigenvalue weighted by atomic mass is 9.97. The Labute approximate surface area is 806 Å². The predicted molar refractivity (Wildman–Crippen MR) is 540 cm³/mol. The number of aryl methyl sites for hydroxylation is 3. The molecule has 0 atom stereocenters. The Balaban J connectivity index is 0.000000123. The van der Waals surface area contributed by atoms with Crippen LogP contribution in [-0.2, 0) is 92.2 Å². The number of hydrogen-bond donors (Lipinski definition) is 2. The van der Waals surface area contributed by atoms with Crippen LogP contribution in [-0.4, -0.2) is 125 Å². The van der Waals surface area contributed by atoms with Crippen molar-refractivity contribution in [2.24, 2.45) is 21.1 Å². The van der Waals surface area contributed by atoms with Crippen molar-refractivity contribution in [1.29, 1.82) is 5.26 Å². The number of H-pyrrole nitrogens is 1. The maximum Gasteiger partial charge on any atom is 0.330 e. The number of anilines is 3. The van der Waals surface area contributed by atoms with Crippen LogP contribution < -0.4 is 25.7 Å². The fraction of sp³-hybridized carbons (Fsp3) is 0.261. The number of nitrogens with zero attached hydrogens (tertiary/aromatic N) is 21. The maximum atomic E-state index is 13.1. The molecule has 3 amide bonds. The highest BCUT2D eigenvalue weighted by Gasteiger charge is 2.35. The van der Waals surface area contributed by atoms with Crippen molar-refractivity contribution in [3.05, 3.63) is 339 Å². The summed E-state index contributed by atoms with van der Waals surface area (Å²) in [6, 6.07) is 67.7. The molecule has 9 aromatic heterocycles. The monoisotopic (exact) mass is 1840 g/mol. The Hall–Kier alpha value is -16.3. The number of rotatable bonds is 23. The van der Waals surface area contributed by atoms with Gasteiger partial charge in [-0.2, -0.15) is 15.5 Å². The van der Waals surface area contributed by atoms with Crippen LogP contribution in [0.25, 0.3) is 102 Å². The van der Waals surface area contributed by atoms with Crippen LogP contribution in [0.15, 0.2) is 261 Å². The highest BCUT2D eigenvalue weighted by molar-refractivity contribution is 6.02. The van der Waals surface area contributed by atoms with E-state index in [1.807, 2.05) is 188 Å². The third-order valence-corrected chi connectivity index (χ3v) is 25.9. The first-order valence-electron chi connectivity index (χ1n) is 47.2. The molecule has 1 saturated heterocycles. The van der Waals surface area contributed by atoms with Crippen LogP contribution in [0.1, 0.15) is 177 Å². The second kappa shape index (κ2) is 40.7. The van der Waals surface area contributed by atoms with Crippen molar-refractivity contribution in [1.82, 2.24) is 93.4 Å². The van der Waals surface area contributed by atoms with Gasteiger partial charge in [0.25, 0.3) is 0 Å². The Kier molecular flexibility index (Phi) is 27.3. The lowest BCUT2D eigenvalue weighted by Crippen LogP contribution is -2.29. The molecule has 21 rings (SSSR count). The van der Waals surface area contributed by atoms with Gasteiger partial charge in [-0.05, 0) is 112 Å². The molecule has 13 heterocycles. The van der Waals surface area contributed by atoms with Crippen LogP contribution >= 0.6 is 0 Å². The van der Waals surface area contributed by atoms with Gasteiger partial charge in [-0.15, -0.1) is 0 Å². The molecule has 698 valence electrons. The van der Waals surface area contributed by atoms with Gasteiger partial charge in [-0.3, -0.25) is 52.8 Å². The fourth-order valence-corrected chi connectivity index (χ4v) is 18.5. The van der Waals surface area contributed by atoms with E-state index in [0.717, 1.165) is 144 Å². The van der Waals surface area contributed by atoms with Gasteiger partial charge >= 0.3 is 5.69 Å². The number of aromatic nitrogens is 18. The predicted octanol–water partition coefficient (Wildman–Crippen LogP) is 19.0. The number of nitriles is 1. The van der Waals surface area contributed by atoms with Crippen molar-refractivity contribution in [3.8, 4) is 96.7 Å². The molecular formula is C111H109N23O5.